The fourth-order valence-corrected chi connectivity index (χ4v) is 1.25. The minimum Gasteiger partial charge on any atom is -0.318 e. The number of aryl methyl sites for hydroxylation is 1. The van der Waals surface area contributed by atoms with Crippen molar-refractivity contribution in [2.24, 2.45) is 0 Å². The zero-order chi connectivity index (χ0) is 9.14. The largest absolute Gasteiger partial charge is 0.318 e. The second-order valence-electron chi connectivity index (χ2n) is 2.81. The molecular weight excluding hydrogens is 174 g/mol. The van der Waals surface area contributed by atoms with Crippen LogP contribution in [0.4, 0.5) is 0 Å². The molecule has 1 rings (SSSR count). The molecule has 0 bridgehead atoms. The Morgan fingerprint density at radius 3 is 2.58 bits per heavy atom. The minimum absolute atomic E-state index is 0.783. The van der Waals surface area contributed by atoms with Crippen LogP contribution in [0.5, 0.6) is 0 Å². The van der Waals surface area contributed by atoms with Crippen LogP contribution in [0.3, 0.4) is 0 Å². The van der Waals surface area contributed by atoms with E-state index in [1.54, 1.807) is 0 Å². The lowest BCUT2D eigenvalue weighted by molar-refractivity contribution is 0.568. The predicted octanol–water partition coefficient (Wildman–Crippen LogP) is 1.37. The average Bonchev–Trinajstić information content (AvgIpc) is 2.30. The zero-order valence-electron chi connectivity index (χ0n) is 7.69. The van der Waals surface area contributed by atoms with Gasteiger partial charge in [0.2, 0.25) is 0 Å². The van der Waals surface area contributed by atoms with Gasteiger partial charge < -0.3 is 5.32 Å². The second kappa shape index (κ2) is 3.92. The van der Waals surface area contributed by atoms with Crippen LogP contribution in [0.15, 0.2) is 0 Å². The van der Waals surface area contributed by atoms with Crippen LogP contribution in [-0.4, -0.2) is 23.4 Å². The van der Waals surface area contributed by atoms with E-state index in [4.69, 9.17) is 11.6 Å². The summed E-state index contributed by atoms with van der Waals surface area (Å²) in [6.07, 6.45) is 0. The van der Waals surface area contributed by atoms with Gasteiger partial charge in [-0.3, -0.25) is 4.68 Å². The Kier molecular flexibility index (Phi) is 3.12. The molecule has 1 aromatic rings. The van der Waals surface area contributed by atoms with E-state index < -0.39 is 0 Å². The highest BCUT2D eigenvalue weighted by Gasteiger charge is 2.07. The first kappa shape index (κ1) is 9.55. The van der Waals surface area contributed by atoms with Crippen LogP contribution in [0.1, 0.15) is 11.4 Å². The lowest BCUT2D eigenvalue weighted by Gasteiger charge is -2.02. The Labute approximate surface area is 77.7 Å². The molecule has 0 aliphatic rings. The van der Waals surface area contributed by atoms with Crippen molar-refractivity contribution in [3.8, 4) is 0 Å². The standard InChI is InChI=1S/C8H14ClN3/c1-6-8(9)7(2)12(11-6)5-4-10-3/h10H,4-5H2,1-3H3. The number of rotatable bonds is 3. The molecule has 3 nitrogen and oxygen atoms in total. The molecule has 0 aliphatic carbocycles. The number of likely N-dealkylation sites (N-methyl/N-ethyl adjacent to an activating group) is 1. The van der Waals surface area contributed by atoms with Gasteiger partial charge in [-0.25, -0.2) is 0 Å². The summed E-state index contributed by atoms with van der Waals surface area (Å²) < 4.78 is 1.92. The van der Waals surface area contributed by atoms with Crippen LogP contribution >= 0.6 is 11.6 Å². The molecule has 0 amide bonds. The molecule has 1 aromatic heterocycles. The van der Waals surface area contributed by atoms with Crippen molar-refractivity contribution in [3.63, 3.8) is 0 Å². The van der Waals surface area contributed by atoms with Crippen molar-refractivity contribution in [1.29, 1.82) is 0 Å². The molecule has 0 radical (unpaired) electrons. The van der Waals surface area contributed by atoms with Gasteiger partial charge in [-0.2, -0.15) is 5.10 Å². The van der Waals surface area contributed by atoms with Gasteiger partial charge in [-0.05, 0) is 20.9 Å². The first-order valence-electron chi connectivity index (χ1n) is 4.01. The number of nitrogens with zero attached hydrogens (tertiary/aromatic N) is 2. The third kappa shape index (κ3) is 1.79. The third-order valence-corrected chi connectivity index (χ3v) is 2.41. The van der Waals surface area contributed by atoms with E-state index in [0.29, 0.717) is 0 Å². The summed E-state index contributed by atoms with van der Waals surface area (Å²) in [5.41, 5.74) is 1.95. The molecule has 0 unspecified atom stereocenters. The Morgan fingerprint density at radius 1 is 1.50 bits per heavy atom. The van der Waals surface area contributed by atoms with E-state index >= 15 is 0 Å². The maximum Gasteiger partial charge on any atom is 0.0844 e. The Hall–Kier alpha value is -0.540. The van der Waals surface area contributed by atoms with Crippen LogP contribution in [0.25, 0.3) is 0 Å². The van der Waals surface area contributed by atoms with Gasteiger partial charge in [0.05, 0.1) is 23.0 Å². The SMILES string of the molecule is CNCCn1nc(C)c(Cl)c1C. The highest BCUT2D eigenvalue weighted by molar-refractivity contribution is 6.31. The molecule has 0 saturated heterocycles. The molecule has 12 heavy (non-hydrogen) atoms. The monoisotopic (exact) mass is 187 g/mol. The number of aromatic nitrogens is 2. The summed E-state index contributed by atoms with van der Waals surface area (Å²) in [5, 5.41) is 8.14. The number of nitrogens with one attached hydrogen (secondary N) is 1. The van der Waals surface area contributed by atoms with Gasteiger partial charge in [-0.1, -0.05) is 11.6 Å². The van der Waals surface area contributed by atoms with Gasteiger partial charge >= 0.3 is 0 Å². The lowest BCUT2D eigenvalue weighted by Crippen LogP contribution is -2.16. The molecule has 1 heterocycles. The highest BCUT2D eigenvalue weighted by Crippen LogP contribution is 2.18. The van der Waals surface area contributed by atoms with Crippen LogP contribution in [-0.2, 0) is 6.54 Å². The van der Waals surface area contributed by atoms with Crippen LogP contribution in [0, 0.1) is 13.8 Å². The molecule has 0 aromatic carbocycles. The Bertz CT molecular complexity index is 268. The fraction of sp³-hybridized carbons (Fsp3) is 0.625. The summed E-state index contributed by atoms with van der Waals surface area (Å²) in [6, 6.07) is 0. The molecule has 1 N–H and O–H groups in total. The maximum absolute atomic E-state index is 5.97. The third-order valence-electron chi connectivity index (χ3n) is 1.87. The van der Waals surface area contributed by atoms with Crippen LogP contribution in [0.2, 0.25) is 5.02 Å². The van der Waals surface area contributed by atoms with Gasteiger partial charge in [-0.15, -0.1) is 0 Å². The summed E-state index contributed by atoms with van der Waals surface area (Å²) in [7, 11) is 1.92. The Balaban J connectivity index is 2.79. The van der Waals surface area contributed by atoms with Crippen molar-refractivity contribution in [3.05, 3.63) is 16.4 Å². The highest BCUT2D eigenvalue weighted by atomic mass is 35.5. The fourth-order valence-electron chi connectivity index (χ4n) is 1.11. The van der Waals surface area contributed by atoms with Crippen molar-refractivity contribution >= 4 is 11.6 Å². The number of hydrogen-bond donors (Lipinski definition) is 1. The van der Waals surface area contributed by atoms with E-state index in [0.717, 1.165) is 29.5 Å². The van der Waals surface area contributed by atoms with E-state index in [1.807, 2.05) is 25.6 Å². The van der Waals surface area contributed by atoms with Gasteiger partial charge in [0.25, 0.3) is 0 Å². The summed E-state index contributed by atoms with van der Waals surface area (Å²) in [4.78, 5) is 0. The summed E-state index contributed by atoms with van der Waals surface area (Å²) >= 11 is 5.97. The lowest BCUT2D eigenvalue weighted by atomic mass is 10.4. The van der Waals surface area contributed by atoms with E-state index in [9.17, 15) is 0 Å². The molecule has 68 valence electrons. The molecule has 0 aliphatic heterocycles. The molecule has 4 heteroatoms. The van der Waals surface area contributed by atoms with Crippen molar-refractivity contribution in [2.45, 2.75) is 20.4 Å². The first-order chi connectivity index (χ1) is 5.66. The molecular formula is C8H14ClN3. The zero-order valence-corrected chi connectivity index (χ0v) is 8.44. The first-order valence-corrected chi connectivity index (χ1v) is 4.38. The topological polar surface area (TPSA) is 29.9 Å². The number of hydrogen-bond acceptors (Lipinski definition) is 2. The molecule has 0 fully saturated rings. The quantitative estimate of drug-likeness (QED) is 0.775. The smallest absolute Gasteiger partial charge is 0.0844 e. The van der Waals surface area contributed by atoms with Crippen LogP contribution < -0.4 is 5.32 Å². The van der Waals surface area contributed by atoms with Crippen molar-refractivity contribution in [2.75, 3.05) is 13.6 Å². The molecule has 0 saturated carbocycles. The van der Waals surface area contributed by atoms with Gasteiger partial charge in [0.1, 0.15) is 0 Å². The summed E-state index contributed by atoms with van der Waals surface area (Å²) in [6.45, 7) is 5.69. The van der Waals surface area contributed by atoms with Crippen molar-refractivity contribution < 1.29 is 0 Å². The van der Waals surface area contributed by atoms with Gasteiger partial charge in [0.15, 0.2) is 0 Å². The van der Waals surface area contributed by atoms with Gasteiger partial charge in [0, 0.05) is 6.54 Å². The molecule has 0 spiro atoms. The Morgan fingerprint density at radius 2 is 2.17 bits per heavy atom. The average molecular weight is 188 g/mol. The van der Waals surface area contributed by atoms with E-state index in [1.165, 1.54) is 0 Å². The van der Waals surface area contributed by atoms with E-state index in [2.05, 4.69) is 10.4 Å². The second-order valence-corrected chi connectivity index (χ2v) is 3.19. The maximum atomic E-state index is 5.97. The van der Waals surface area contributed by atoms with Crippen molar-refractivity contribution in [1.82, 2.24) is 15.1 Å². The predicted molar refractivity (Wildman–Crippen MR) is 50.6 cm³/mol. The van der Waals surface area contributed by atoms with E-state index in [-0.39, 0.29) is 0 Å². The minimum atomic E-state index is 0.783. The number of halogens is 1. The summed E-state index contributed by atoms with van der Waals surface area (Å²) in [5.74, 6) is 0. The normalized spacial score (nSPS) is 10.7. The molecule has 0 atom stereocenters.